The van der Waals surface area contributed by atoms with Crippen LogP contribution in [-0.2, 0) is 14.8 Å². The Labute approximate surface area is 118 Å². The molecule has 106 valence electrons. The molecule has 2 N–H and O–H groups in total. The maximum atomic E-state index is 11.7. The number of hydrogen-bond acceptors (Lipinski definition) is 3. The van der Waals surface area contributed by atoms with Crippen LogP contribution in [0.1, 0.15) is 20.3 Å². The number of carbonyl (C=O) groups excluding carboxylic acids is 1. The number of benzene rings is 1. The van der Waals surface area contributed by atoms with Crippen molar-refractivity contribution in [2.75, 3.05) is 16.3 Å². The Morgan fingerprint density at radius 3 is 2.53 bits per heavy atom. The van der Waals surface area contributed by atoms with Crippen molar-refractivity contribution in [3.63, 3.8) is 0 Å². The molecule has 0 saturated carbocycles. The second kappa shape index (κ2) is 6.25. The van der Waals surface area contributed by atoms with Crippen molar-refractivity contribution in [1.82, 2.24) is 0 Å². The molecule has 1 atom stereocenters. The number of rotatable bonds is 5. The van der Waals surface area contributed by atoms with Gasteiger partial charge in [0.25, 0.3) is 0 Å². The van der Waals surface area contributed by atoms with Gasteiger partial charge in [-0.1, -0.05) is 25.4 Å². The molecule has 0 heterocycles. The van der Waals surface area contributed by atoms with Crippen molar-refractivity contribution in [3.8, 4) is 0 Å². The molecule has 0 bridgehead atoms. The summed E-state index contributed by atoms with van der Waals surface area (Å²) in [6, 6.07) is 4.62. The molecule has 1 rings (SSSR count). The minimum absolute atomic E-state index is 0.0902. The number of sulfonamides is 1. The fourth-order valence-corrected chi connectivity index (χ4v) is 2.19. The Hall–Kier alpha value is -1.27. The van der Waals surface area contributed by atoms with Gasteiger partial charge in [0.15, 0.2) is 0 Å². The number of hydrogen-bond donors (Lipinski definition) is 2. The number of amides is 1. The van der Waals surface area contributed by atoms with E-state index in [4.69, 9.17) is 11.6 Å². The smallest absolute Gasteiger partial charge is 0.229 e. The normalized spacial score (nSPS) is 12.8. The van der Waals surface area contributed by atoms with Crippen LogP contribution in [0, 0.1) is 5.92 Å². The molecule has 0 fully saturated rings. The van der Waals surface area contributed by atoms with Crippen LogP contribution in [0.4, 0.5) is 11.4 Å². The molecule has 1 aromatic carbocycles. The third-order valence-electron chi connectivity index (χ3n) is 2.59. The van der Waals surface area contributed by atoms with Gasteiger partial charge >= 0.3 is 0 Å². The Morgan fingerprint density at radius 1 is 1.42 bits per heavy atom. The minimum Gasteiger partial charge on any atom is -0.326 e. The molecule has 0 aliphatic carbocycles. The molecular weight excluding hydrogens is 288 g/mol. The van der Waals surface area contributed by atoms with Gasteiger partial charge in [0, 0.05) is 11.6 Å². The lowest BCUT2D eigenvalue weighted by molar-refractivity contribution is -0.119. The zero-order chi connectivity index (χ0) is 14.6. The molecule has 0 saturated heterocycles. The van der Waals surface area contributed by atoms with Crippen LogP contribution in [0.3, 0.4) is 0 Å². The van der Waals surface area contributed by atoms with Gasteiger partial charge in [-0.15, -0.1) is 0 Å². The summed E-state index contributed by atoms with van der Waals surface area (Å²) in [6.07, 6.45) is 1.79. The van der Waals surface area contributed by atoms with Gasteiger partial charge in [-0.05, 0) is 24.6 Å². The summed E-state index contributed by atoms with van der Waals surface area (Å²) in [4.78, 5) is 11.7. The lowest BCUT2D eigenvalue weighted by Gasteiger charge is -2.12. The van der Waals surface area contributed by atoms with E-state index in [-0.39, 0.29) is 22.5 Å². The largest absolute Gasteiger partial charge is 0.326 e. The summed E-state index contributed by atoms with van der Waals surface area (Å²) in [5.74, 6) is -0.185. The first-order valence-corrected chi connectivity index (χ1v) is 8.08. The Morgan fingerprint density at radius 2 is 2.05 bits per heavy atom. The van der Waals surface area contributed by atoms with Crippen LogP contribution in [0.5, 0.6) is 0 Å². The molecule has 0 aliphatic heterocycles. The summed E-state index contributed by atoms with van der Waals surface area (Å²) in [6.45, 7) is 3.76. The van der Waals surface area contributed by atoms with Crippen LogP contribution in [-0.4, -0.2) is 20.6 Å². The summed E-state index contributed by atoms with van der Waals surface area (Å²) < 4.78 is 24.5. The molecular formula is C12H17ClN2O3S. The average molecular weight is 305 g/mol. The van der Waals surface area contributed by atoms with Crippen molar-refractivity contribution in [2.45, 2.75) is 20.3 Å². The van der Waals surface area contributed by atoms with E-state index in [0.717, 1.165) is 12.7 Å². The van der Waals surface area contributed by atoms with E-state index in [2.05, 4.69) is 10.0 Å². The SMILES string of the molecule is CC[C@H](C)C(=O)Nc1ccc(NS(C)(=O)=O)c(Cl)c1. The predicted octanol–water partition coefficient (Wildman–Crippen LogP) is 2.70. The fraction of sp³-hybridized carbons (Fsp3) is 0.417. The molecule has 0 spiro atoms. The Bertz CT molecular complexity index is 572. The van der Waals surface area contributed by atoms with E-state index in [1.54, 1.807) is 6.07 Å². The lowest BCUT2D eigenvalue weighted by atomic mass is 10.1. The van der Waals surface area contributed by atoms with Gasteiger partial charge in [-0.3, -0.25) is 9.52 Å². The Balaban J connectivity index is 2.86. The van der Waals surface area contributed by atoms with Gasteiger partial charge in [0.2, 0.25) is 15.9 Å². The first-order valence-electron chi connectivity index (χ1n) is 5.81. The molecule has 19 heavy (non-hydrogen) atoms. The van der Waals surface area contributed by atoms with Crippen LogP contribution in [0.15, 0.2) is 18.2 Å². The molecule has 0 unspecified atom stereocenters. The maximum absolute atomic E-state index is 11.7. The van der Waals surface area contributed by atoms with Crippen molar-refractivity contribution in [2.24, 2.45) is 5.92 Å². The second-order valence-corrected chi connectivity index (χ2v) is 6.52. The van der Waals surface area contributed by atoms with E-state index in [0.29, 0.717) is 5.69 Å². The van der Waals surface area contributed by atoms with E-state index in [1.807, 2.05) is 13.8 Å². The third-order valence-corrected chi connectivity index (χ3v) is 3.50. The van der Waals surface area contributed by atoms with Gasteiger partial charge in [0.05, 0.1) is 17.0 Å². The number of halogens is 1. The highest BCUT2D eigenvalue weighted by Crippen LogP contribution is 2.26. The number of anilines is 2. The predicted molar refractivity (Wildman–Crippen MR) is 78.0 cm³/mol. The van der Waals surface area contributed by atoms with Crippen molar-refractivity contribution in [1.29, 1.82) is 0 Å². The minimum atomic E-state index is -3.37. The molecule has 0 aromatic heterocycles. The summed E-state index contributed by atoms with van der Waals surface area (Å²) in [5, 5.41) is 2.95. The van der Waals surface area contributed by atoms with E-state index >= 15 is 0 Å². The topological polar surface area (TPSA) is 75.3 Å². The molecule has 7 heteroatoms. The van der Waals surface area contributed by atoms with Crippen LogP contribution >= 0.6 is 11.6 Å². The van der Waals surface area contributed by atoms with Gasteiger partial charge in [0.1, 0.15) is 0 Å². The summed E-state index contributed by atoms with van der Waals surface area (Å²) in [5.41, 5.74) is 0.819. The lowest BCUT2D eigenvalue weighted by Crippen LogP contribution is -2.19. The first kappa shape index (κ1) is 15.8. The van der Waals surface area contributed by atoms with E-state index in [1.165, 1.54) is 12.1 Å². The van der Waals surface area contributed by atoms with Crippen molar-refractivity contribution < 1.29 is 13.2 Å². The molecule has 0 aliphatic rings. The zero-order valence-electron chi connectivity index (χ0n) is 11.0. The standard InChI is InChI=1S/C12H17ClN2O3S/c1-4-8(2)12(16)14-9-5-6-11(10(13)7-9)15-19(3,17)18/h5-8,15H,4H2,1-3H3,(H,14,16)/t8-/m0/s1. The average Bonchev–Trinajstić information content (AvgIpc) is 2.30. The maximum Gasteiger partial charge on any atom is 0.229 e. The molecule has 1 aromatic rings. The number of carbonyl (C=O) groups is 1. The zero-order valence-corrected chi connectivity index (χ0v) is 12.6. The number of nitrogens with one attached hydrogen (secondary N) is 2. The second-order valence-electron chi connectivity index (χ2n) is 4.37. The van der Waals surface area contributed by atoms with Gasteiger partial charge in [-0.25, -0.2) is 8.42 Å². The highest BCUT2D eigenvalue weighted by molar-refractivity contribution is 7.92. The molecule has 0 radical (unpaired) electrons. The fourth-order valence-electron chi connectivity index (χ4n) is 1.33. The van der Waals surface area contributed by atoms with Crippen LogP contribution < -0.4 is 10.0 Å². The van der Waals surface area contributed by atoms with Crippen molar-refractivity contribution in [3.05, 3.63) is 23.2 Å². The molecule has 1 amide bonds. The monoisotopic (exact) mass is 304 g/mol. The van der Waals surface area contributed by atoms with E-state index < -0.39 is 10.0 Å². The third kappa shape index (κ3) is 5.08. The van der Waals surface area contributed by atoms with E-state index in [9.17, 15) is 13.2 Å². The highest BCUT2D eigenvalue weighted by Gasteiger charge is 2.12. The Kier molecular flexibility index (Phi) is 5.20. The van der Waals surface area contributed by atoms with Crippen LogP contribution in [0.2, 0.25) is 5.02 Å². The van der Waals surface area contributed by atoms with Gasteiger partial charge in [-0.2, -0.15) is 0 Å². The van der Waals surface area contributed by atoms with Crippen LogP contribution in [0.25, 0.3) is 0 Å². The molecule has 5 nitrogen and oxygen atoms in total. The van der Waals surface area contributed by atoms with Gasteiger partial charge < -0.3 is 5.32 Å². The van der Waals surface area contributed by atoms with Crippen molar-refractivity contribution >= 4 is 38.9 Å². The quantitative estimate of drug-likeness (QED) is 0.878. The summed E-state index contributed by atoms with van der Waals surface area (Å²) >= 11 is 5.95. The first-order chi connectivity index (χ1) is 8.73. The highest BCUT2D eigenvalue weighted by atomic mass is 35.5. The summed E-state index contributed by atoms with van der Waals surface area (Å²) in [7, 11) is -3.37.